The van der Waals surface area contributed by atoms with Gasteiger partial charge >= 0.3 is 0 Å². The first kappa shape index (κ1) is 16.2. The zero-order chi connectivity index (χ0) is 14.1. The Labute approximate surface area is 117 Å². The molecule has 0 aliphatic rings. The zero-order valence-electron chi connectivity index (χ0n) is 12.7. The van der Waals surface area contributed by atoms with Crippen LogP contribution in [0.3, 0.4) is 0 Å². The first-order valence-electron chi connectivity index (χ1n) is 7.17. The molecule has 0 fully saturated rings. The Balaban J connectivity index is 2.45. The highest BCUT2D eigenvalue weighted by atomic mass is 16.5. The lowest BCUT2D eigenvalue weighted by Crippen LogP contribution is -2.33. The summed E-state index contributed by atoms with van der Waals surface area (Å²) in [6.07, 6.45) is 3.01. The van der Waals surface area contributed by atoms with Gasteiger partial charge in [0.05, 0.1) is 19.4 Å². The summed E-state index contributed by atoms with van der Waals surface area (Å²) in [6.45, 7) is 11.0. The van der Waals surface area contributed by atoms with Gasteiger partial charge in [0.25, 0.3) is 0 Å². The van der Waals surface area contributed by atoms with Gasteiger partial charge in [0.15, 0.2) is 0 Å². The predicted molar refractivity (Wildman–Crippen MR) is 78.1 cm³/mol. The third kappa shape index (κ3) is 6.23. The van der Waals surface area contributed by atoms with E-state index >= 15 is 0 Å². The highest BCUT2D eigenvalue weighted by molar-refractivity contribution is 5.12. The molecule has 0 unspecified atom stereocenters. The van der Waals surface area contributed by atoms with Crippen molar-refractivity contribution in [3.05, 3.63) is 23.7 Å². The quantitative estimate of drug-likeness (QED) is 0.662. The fourth-order valence-electron chi connectivity index (χ4n) is 1.94. The van der Waals surface area contributed by atoms with Crippen molar-refractivity contribution in [1.82, 2.24) is 10.2 Å². The minimum Gasteiger partial charge on any atom is -0.468 e. The van der Waals surface area contributed by atoms with Crippen molar-refractivity contribution in [2.75, 3.05) is 26.8 Å². The van der Waals surface area contributed by atoms with Gasteiger partial charge in [0.1, 0.15) is 5.76 Å². The van der Waals surface area contributed by atoms with Crippen LogP contribution in [0.15, 0.2) is 16.7 Å². The van der Waals surface area contributed by atoms with Gasteiger partial charge in [-0.05, 0) is 32.9 Å². The Hall–Kier alpha value is -0.840. The van der Waals surface area contributed by atoms with Gasteiger partial charge < -0.3 is 14.5 Å². The van der Waals surface area contributed by atoms with Crippen molar-refractivity contribution in [2.24, 2.45) is 0 Å². The van der Waals surface area contributed by atoms with E-state index in [0.717, 1.165) is 45.0 Å². The molecule has 1 N–H and O–H groups in total. The number of nitrogens with one attached hydrogen (secondary N) is 1. The van der Waals surface area contributed by atoms with Crippen molar-refractivity contribution < 1.29 is 9.15 Å². The van der Waals surface area contributed by atoms with Crippen LogP contribution in [-0.4, -0.2) is 37.7 Å². The Morgan fingerprint density at radius 2 is 2.21 bits per heavy atom. The molecule has 110 valence electrons. The summed E-state index contributed by atoms with van der Waals surface area (Å²) >= 11 is 0. The van der Waals surface area contributed by atoms with Gasteiger partial charge in [-0.2, -0.15) is 0 Å². The summed E-state index contributed by atoms with van der Waals surface area (Å²) in [5.41, 5.74) is 1.22. The summed E-state index contributed by atoms with van der Waals surface area (Å²) in [5.74, 6) is 1.03. The highest BCUT2D eigenvalue weighted by Gasteiger charge is 2.12. The Morgan fingerprint density at radius 3 is 2.84 bits per heavy atom. The van der Waals surface area contributed by atoms with Crippen LogP contribution in [0.4, 0.5) is 0 Å². The molecule has 1 heterocycles. The molecule has 0 saturated carbocycles. The molecule has 0 aliphatic heterocycles. The molecule has 0 amide bonds. The van der Waals surface area contributed by atoms with Crippen molar-refractivity contribution >= 4 is 0 Å². The first-order valence-corrected chi connectivity index (χ1v) is 7.17. The van der Waals surface area contributed by atoms with E-state index in [-0.39, 0.29) is 0 Å². The second kappa shape index (κ2) is 9.13. The third-order valence-corrected chi connectivity index (χ3v) is 3.14. The van der Waals surface area contributed by atoms with E-state index in [4.69, 9.17) is 9.15 Å². The second-order valence-electron chi connectivity index (χ2n) is 5.16. The van der Waals surface area contributed by atoms with Crippen LogP contribution in [0, 0.1) is 0 Å². The summed E-state index contributed by atoms with van der Waals surface area (Å²) in [5, 5.41) is 3.38. The molecular weight excluding hydrogens is 240 g/mol. The van der Waals surface area contributed by atoms with Crippen molar-refractivity contribution in [1.29, 1.82) is 0 Å². The van der Waals surface area contributed by atoms with Gasteiger partial charge in [-0.1, -0.05) is 6.92 Å². The molecule has 0 atom stereocenters. The van der Waals surface area contributed by atoms with Crippen LogP contribution in [0.2, 0.25) is 0 Å². The molecule has 0 aliphatic carbocycles. The fourth-order valence-corrected chi connectivity index (χ4v) is 1.94. The largest absolute Gasteiger partial charge is 0.468 e. The summed E-state index contributed by atoms with van der Waals surface area (Å²) < 4.78 is 10.8. The van der Waals surface area contributed by atoms with E-state index in [1.165, 1.54) is 5.56 Å². The summed E-state index contributed by atoms with van der Waals surface area (Å²) in [7, 11) is 1.74. The maximum atomic E-state index is 5.63. The highest BCUT2D eigenvalue weighted by Crippen LogP contribution is 2.12. The van der Waals surface area contributed by atoms with Gasteiger partial charge in [-0.25, -0.2) is 0 Å². The van der Waals surface area contributed by atoms with E-state index in [9.17, 15) is 0 Å². The van der Waals surface area contributed by atoms with Crippen molar-refractivity contribution in [2.45, 2.75) is 46.3 Å². The Bertz CT molecular complexity index is 337. The molecule has 1 aromatic rings. The SMILES string of the molecule is CCCNCc1coc(CN(CCOC)C(C)C)c1. The monoisotopic (exact) mass is 268 g/mol. The molecule has 1 aromatic heterocycles. The molecule has 1 rings (SSSR count). The first-order chi connectivity index (χ1) is 9.17. The molecule has 0 aromatic carbocycles. The van der Waals surface area contributed by atoms with Gasteiger partial charge in [0, 0.05) is 31.8 Å². The van der Waals surface area contributed by atoms with E-state index < -0.39 is 0 Å². The fraction of sp³-hybridized carbons (Fsp3) is 0.733. The molecule has 0 radical (unpaired) electrons. The molecule has 4 heteroatoms. The van der Waals surface area contributed by atoms with Gasteiger partial charge in [-0.15, -0.1) is 0 Å². The van der Waals surface area contributed by atoms with Crippen LogP contribution in [-0.2, 0) is 17.8 Å². The van der Waals surface area contributed by atoms with E-state index in [1.54, 1.807) is 7.11 Å². The Morgan fingerprint density at radius 1 is 1.42 bits per heavy atom. The Kier molecular flexibility index (Phi) is 7.79. The van der Waals surface area contributed by atoms with Crippen LogP contribution in [0.1, 0.15) is 38.5 Å². The summed E-state index contributed by atoms with van der Waals surface area (Å²) in [6, 6.07) is 2.63. The maximum Gasteiger partial charge on any atom is 0.118 e. The average Bonchev–Trinajstić information content (AvgIpc) is 2.82. The molecular formula is C15H28N2O2. The second-order valence-corrected chi connectivity index (χ2v) is 5.16. The maximum absolute atomic E-state index is 5.63. The lowest BCUT2D eigenvalue weighted by atomic mass is 10.2. The van der Waals surface area contributed by atoms with Gasteiger partial charge in [-0.3, -0.25) is 4.90 Å². The van der Waals surface area contributed by atoms with Crippen LogP contribution >= 0.6 is 0 Å². The predicted octanol–water partition coefficient (Wildman–Crippen LogP) is 2.64. The number of rotatable bonds is 10. The van der Waals surface area contributed by atoms with Crippen LogP contribution < -0.4 is 5.32 Å². The number of methoxy groups -OCH3 is 1. The molecule has 0 saturated heterocycles. The minimum absolute atomic E-state index is 0.488. The third-order valence-electron chi connectivity index (χ3n) is 3.14. The normalized spacial score (nSPS) is 11.7. The van der Waals surface area contributed by atoms with Gasteiger partial charge in [0.2, 0.25) is 0 Å². The van der Waals surface area contributed by atoms with Crippen LogP contribution in [0.5, 0.6) is 0 Å². The molecule has 19 heavy (non-hydrogen) atoms. The molecule has 0 spiro atoms. The molecule has 4 nitrogen and oxygen atoms in total. The van der Waals surface area contributed by atoms with Crippen LogP contribution in [0.25, 0.3) is 0 Å². The topological polar surface area (TPSA) is 37.6 Å². The zero-order valence-corrected chi connectivity index (χ0v) is 12.7. The molecule has 0 bridgehead atoms. The van der Waals surface area contributed by atoms with E-state index in [2.05, 4.69) is 37.1 Å². The van der Waals surface area contributed by atoms with E-state index in [1.807, 2.05) is 6.26 Å². The average molecular weight is 268 g/mol. The lowest BCUT2D eigenvalue weighted by molar-refractivity contribution is 0.119. The minimum atomic E-state index is 0.488. The lowest BCUT2D eigenvalue weighted by Gasteiger charge is -2.24. The van der Waals surface area contributed by atoms with E-state index in [0.29, 0.717) is 6.04 Å². The number of ether oxygens (including phenoxy) is 1. The number of hydrogen-bond acceptors (Lipinski definition) is 4. The van der Waals surface area contributed by atoms with Crippen molar-refractivity contribution in [3.8, 4) is 0 Å². The standard InChI is InChI=1S/C15H28N2O2/c1-5-6-16-10-14-9-15(19-12-14)11-17(13(2)3)7-8-18-4/h9,12-13,16H,5-8,10-11H2,1-4H3. The number of hydrogen-bond donors (Lipinski definition) is 1. The van der Waals surface area contributed by atoms with Crippen molar-refractivity contribution in [3.63, 3.8) is 0 Å². The smallest absolute Gasteiger partial charge is 0.118 e. The number of nitrogens with zero attached hydrogens (tertiary/aromatic N) is 1. The number of furan rings is 1. The summed E-state index contributed by atoms with van der Waals surface area (Å²) in [4.78, 5) is 2.35.